The molecule has 28 heavy (non-hydrogen) atoms. The predicted molar refractivity (Wildman–Crippen MR) is 105 cm³/mol. The zero-order chi connectivity index (χ0) is 19.8. The monoisotopic (exact) mass is 378 g/mol. The molecule has 1 N–H and O–H groups in total. The normalized spacial score (nSPS) is 10.6. The summed E-state index contributed by atoms with van der Waals surface area (Å²) in [6.07, 6.45) is 1.50. The smallest absolute Gasteiger partial charge is 0.271 e. The van der Waals surface area contributed by atoms with Gasteiger partial charge in [0.1, 0.15) is 12.4 Å². The van der Waals surface area contributed by atoms with Gasteiger partial charge in [0.15, 0.2) is 11.5 Å². The lowest BCUT2D eigenvalue weighted by Crippen LogP contribution is -2.17. The Morgan fingerprint density at radius 2 is 1.79 bits per heavy atom. The molecule has 0 spiro atoms. The molecule has 3 rings (SSSR count). The van der Waals surface area contributed by atoms with E-state index in [-0.39, 0.29) is 18.3 Å². The average molecular weight is 378 g/mol. The lowest BCUT2D eigenvalue weighted by atomic mass is 10.2. The molecule has 0 heterocycles. The van der Waals surface area contributed by atoms with Gasteiger partial charge >= 0.3 is 0 Å². The Labute approximate surface area is 162 Å². The van der Waals surface area contributed by atoms with E-state index in [0.717, 1.165) is 0 Å². The van der Waals surface area contributed by atoms with E-state index in [2.05, 4.69) is 10.5 Å². The fraction of sp³-hybridized carbons (Fsp3) is 0.0909. The molecule has 0 saturated carbocycles. The summed E-state index contributed by atoms with van der Waals surface area (Å²) >= 11 is 0. The minimum atomic E-state index is -0.320. The van der Waals surface area contributed by atoms with Crippen molar-refractivity contribution in [2.45, 2.75) is 6.61 Å². The Hall–Kier alpha value is -3.67. The Morgan fingerprint density at radius 1 is 1.04 bits per heavy atom. The highest BCUT2D eigenvalue weighted by Crippen LogP contribution is 2.28. The molecule has 5 nitrogen and oxygen atoms in total. The van der Waals surface area contributed by atoms with Crippen molar-refractivity contribution in [3.05, 3.63) is 95.3 Å². The van der Waals surface area contributed by atoms with Crippen LogP contribution in [0.5, 0.6) is 11.5 Å². The Bertz CT molecular complexity index is 975. The number of benzene rings is 3. The molecule has 0 fully saturated rings. The van der Waals surface area contributed by atoms with Crippen LogP contribution in [0, 0.1) is 5.82 Å². The van der Waals surface area contributed by atoms with Gasteiger partial charge in [0.2, 0.25) is 0 Å². The van der Waals surface area contributed by atoms with Gasteiger partial charge in [-0.05, 0) is 42.0 Å². The second-order valence-electron chi connectivity index (χ2n) is 5.86. The summed E-state index contributed by atoms with van der Waals surface area (Å²) in [4.78, 5) is 12.0. The third kappa shape index (κ3) is 4.94. The molecule has 0 aliphatic carbocycles. The molecule has 0 atom stereocenters. The summed E-state index contributed by atoms with van der Waals surface area (Å²) in [5.74, 6) is 0.346. The molecule has 3 aromatic carbocycles. The average Bonchev–Trinajstić information content (AvgIpc) is 2.74. The number of nitrogens with zero attached hydrogens (tertiary/aromatic N) is 1. The summed E-state index contributed by atoms with van der Waals surface area (Å²) in [5.41, 5.74) is 4.16. The Balaban J connectivity index is 1.64. The van der Waals surface area contributed by atoms with Crippen molar-refractivity contribution < 1.29 is 18.7 Å². The lowest BCUT2D eigenvalue weighted by Gasteiger charge is -2.11. The Kier molecular flexibility index (Phi) is 6.36. The standard InChI is InChI=1S/C22H19FN2O3/c1-27-21-13-16(14-24-25-22(26)17-7-3-2-4-8-17)11-12-20(21)28-15-18-9-5-6-10-19(18)23/h2-14H,15H2,1H3,(H,25,26)/b24-14+. The molecular formula is C22H19FN2O3. The molecule has 0 radical (unpaired) electrons. The van der Waals surface area contributed by atoms with Crippen molar-refractivity contribution in [3.8, 4) is 11.5 Å². The van der Waals surface area contributed by atoms with Gasteiger partial charge in [-0.3, -0.25) is 4.79 Å². The highest BCUT2D eigenvalue weighted by atomic mass is 19.1. The fourth-order valence-electron chi connectivity index (χ4n) is 2.47. The van der Waals surface area contributed by atoms with Gasteiger partial charge in [-0.2, -0.15) is 5.10 Å². The van der Waals surface area contributed by atoms with Crippen LogP contribution >= 0.6 is 0 Å². The number of nitrogens with one attached hydrogen (secondary N) is 1. The number of hydrazone groups is 1. The van der Waals surface area contributed by atoms with E-state index in [9.17, 15) is 9.18 Å². The highest BCUT2D eigenvalue weighted by Gasteiger charge is 2.08. The largest absolute Gasteiger partial charge is 0.493 e. The number of ether oxygens (including phenoxy) is 2. The van der Waals surface area contributed by atoms with Crippen LogP contribution in [-0.2, 0) is 6.61 Å². The van der Waals surface area contributed by atoms with Gasteiger partial charge < -0.3 is 9.47 Å². The highest BCUT2D eigenvalue weighted by molar-refractivity contribution is 5.94. The number of carbonyl (C=O) groups excluding carboxylic acids is 1. The molecular weight excluding hydrogens is 359 g/mol. The zero-order valence-corrected chi connectivity index (χ0v) is 15.3. The summed E-state index contributed by atoms with van der Waals surface area (Å²) in [7, 11) is 1.52. The van der Waals surface area contributed by atoms with Crippen molar-refractivity contribution in [2.24, 2.45) is 5.10 Å². The maximum Gasteiger partial charge on any atom is 0.271 e. The molecule has 0 aliphatic heterocycles. The number of rotatable bonds is 7. The first-order valence-corrected chi connectivity index (χ1v) is 8.60. The van der Waals surface area contributed by atoms with Crippen molar-refractivity contribution >= 4 is 12.1 Å². The number of amides is 1. The van der Waals surface area contributed by atoms with Crippen molar-refractivity contribution in [3.63, 3.8) is 0 Å². The topological polar surface area (TPSA) is 59.9 Å². The number of hydrogen-bond acceptors (Lipinski definition) is 4. The molecule has 0 unspecified atom stereocenters. The van der Waals surface area contributed by atoms with Gasteiger partial charge in [0, 0.05) is 11.1 Å². The van der Waals surface area contributed by atoms with Crippen LogP contribution in [0.25, 0.3) is 0 Å². The van der Waals surface area contributed by atoms with Crippen LogP contribution in [-0.4, -0.2) is 19.2 Å². The van der Waals surface area contributed by atoms with E-state index in [4.69, 9.17) is 9.47 Å². The first-order valence-electron chi connectivity index (χ1n) is 8.60. The van der Waals surface area contributed by atoms with E-state index in [1.165, 1.54) is 19.4 Å². The molecule has 0 saturated heterocycles. The first kappa shape index (κ1) is 19.1. The van der Waals surface area contributed by atoms with Crippen LogP contribution in [0.4, 0.5) is 4.39 Å². The van der Waals surface area contributed by atoms with E-state index in [1.54, 1.807) is 60.7 Å². The number of methoxy groups -OCH3 is 1. The minimum absolute atomic E-state index is 0.0869. The number of hydrogen-bond donors (Lipinski definition) is 1. The van der Waals surface area contributed by atoms with E-state index in [0.29, 0.717) is 28.2 Å². The summed E-state index contributed by atoms with van der Waals surface area (Å²) in [6.45, 7) is 0.0869. The molecule has 142 valence electrons. The van der Waals surface area contributed by atoms with Crippen molar-refractivity contribution in [1.82, 2.24) is 5.43 Å². The third-order valence-corrected chi connectivity index (χ3v) is 3.94. The fourth-order valence-corrected chi connectivity index (χ4v) is 2.47. The first-order chi connectivity index (χ1) is 13.7. The summed E-state index contributed by atoms with van der Waals surface area (Å²) in [6, 6.07) is 20.4. The second kappa shape index (κ2) is 9.32. The molecule has 0 aromatic heterocycles. The van der Waals surface area contributed by atoms with Gasteiger partial charge in [-0.15, -0.1) is 0 Å². The van der Waals surface area contributed by atoms with Gasteiger partial charge in [-0.25, -0.2) is 9.82 Å². The third-order valence-electron chi connectivity index (χ3n) is 3.94. The Morgan fingerprint density at radius 3 is 2.54 bits per heavy atom. The lowest BCUT2D eigenvalue weighted by molar-refractivity contribution is 0.0955. The molecule has 1 amide bonds. The van der Waals surface area contributed by atoms with Gasteiger partial charge in [0.05, 0.1) is 13.3 Å². The molecule has 6 heteroatoms. The second-order valence-corrected chi connectivity index (χ2v) is 5.86. The van der Waals surface area contributed by atoms with Crippen LogP contribution < -0.4 is 14.9 Å². The maximum atomic E-state index is 13.7. The van der Waals surface area contributed by atoms with Gasteiger partial charge in [-0.1, -0.05) is 36.4 Å². The summed E-state index contributed by atoms with van der Waals surface area (Å²) in [5, 5.41) is 3.96. The minimum Gasteiger partial charge on any atom is -0.493 e. The molecule has 0 bridgehead atoms. The molecule has 3 aromatic rings. The van der Waals surface area contributed by atoms with Gasteiger partial charge in [0.25, 0.3) is 5.91 Å². The van der Waals surface area contributed by atoms with Crippen LogP contribution in [0.15, 0.2) is 77.9 Å². The predicted octanol–water partition coefficient (Wildman–Crippen LogP) is 4.18. The van der Waals surface area contributed by atoms with E-state index < -0.39 is 0 Å². The quantitative estimate of drug-likeness (QED) is 0.496. The van der Waals surface area contributed by atoms with Crippen LogP contribution in [0.1, 0.15) is 21.5 Å². The maximum absolute atomic E-state index is 13.7. The SMILES string of the molecule is COc1cc(/C=N/NC(=O)c2ccccc2)ccc1OCc1ccccc1F. The van der Waals surface area contributed by atoms with Crippen LogP contribution in [0.2, 0.25) is 0 Å². The molecule has 0 aliphatic rings. The van der Waals surface area contributed by atoms with E-state index in [1.807, 2.05) is 6.07 Å². The summed E-state index contributed by atoms with van der Waals surface area (Å²) < 4.78 is 24.7. The van der Waals surface area contributed by atoms with Crippen molar-refractivity contribution in [1.29, 1.82) is 0 Å². The zero-order valence-electron chi connectivity index (χ0n) is 15.3. The number of carbonyl (C=O) groups is 1. The number of halogens is 1. The van der Waals surface area contributed by atoms with E-state index >= 15 is 0 Å². The van der Waals surface area contributed by atoms with Crippen LogP contribution in [0.3, 0.4) is 0 Å². The van der Waals surface area contributed by atoms with Crippen molar-refractivity contribution in [2.75, 3.05) is 7.11 Å².